The second-order valence-corrected chi connectivity index (χ2v) is 9.82. The van der Waals surface area contributed by atoms with Crippen LogP contribution in [0.3, 0.4) is 0 Å². The van der Waals surface area contributed by atoms with Gasteiger partial charge in [-0.15, -0.1) is 0 Å². The Morgan fingerprint density at radius 2 is 1.74 bits per heavy atom. The van der Waals surface area contributed by atoms with Gasteiger partial charge in [-0.05, 0) is 61.3 Å². The standard InChI is InChI=1S/C31H36N4O4/c1-37-25-17-24(18-26(19-25)38-2)27(20-30(36)32-12-16-34-13-6-7-14-34)28-21-33-31-29(11-8-15-35(28)31)39-22-23-9-4-3-5-10-23/h3-5,8-11,15,17-19,21,27H,6-7,12-14,16,20,22H2,1-2H3,(H,32,36). The number of pyridine rings is 1. The molecule has 3 heterocycles. The molecule has 0 spiro atoms. The molecule has 1 atom stereocenters. The van der Waals surface area contributed by atoms with Gasteiger partial charge in [-0.3, -0.25) is 4.79 Å². The van der Waals surface area contributed by atoms with Crippen molar-refractivity contribution < 1.29 is 19.0 Å². The fraction of sp³-hybridized carbons (Fsp3) is 0.355. The van der Waals surface area contributed by atoms with E-state index in [1.165, 1.54) is 12.8 Å². The number of benzene rings is 2. The average molecular weight is 529 g/mol. The summed E-state index contributed by atoms with van der Waals surface area (Å²) in [5.74, 6) is 1.74. The van der Waals surface area contributed by atoms with Crippen molar-refractivity contribution in [2.24, 2.45) is 0 Å². The van der Waals surface area contributed by atoms with E-state index < -0.39 is 0 Å². The molecule has 1 fully saturated rings. The molecule has 0 aliphatic carbocycles. The predicted molar refractivity (Wildman–Crippen MR) is 151 cm³/mol. The van der Waals surface area contributed by atoms with E-state index in [1.807, 2.05) is 77.5 Å². The van der Waals surface area contributed by atoms with Crippen molar-refractivity contribution in [2.75, 3.05) is 40.4 Å². The number of likely N-dealkylation sites (tertiary alicyclic amines) is 1. The molecule has 2 aromatic carbocycles. The first-order valence-corrected chi connectivity index (χ1v) is 13.5. The predicted octanol–water partition coefficient (Wildman–Crippen LogP) is 4.66. The van der Waals surface area contributed by atoms with E-state index in [0.717, 1.165) is 36.5 Å². The number of hydrogen-bond acceptors (Lipinski definition) is 6. The number of nitrogens with zero attached hydrogens (tertiary/aromatic N) is 3. The summed E-state index contributed by atoms with van der Waals surface area (Å²) < 4.78 is 19.2. The van der Waals surface area contributed by atoms with E-state index in [4.69, 9.17) is 19.2 Å². The highest BCUT2D eigenvalue weighted by Gasteiger charge is 2.24. The summed E-state index contributed by atoms with van der Waals surface area (Å²) in [7, 11) is 3.26. The number of imidazole rings is 1. The molecule has 1 amide bonds. The molecule has 204 valence electrons. The first-order chi connectivity index (χ1) is 19.1. The molecule has 0 radical (unpaired) electrons. The minimum atomic E-state index is -0.278. The van der Waals surface area contributed by atoms with Crippen molar-refractivity contribution in [3.8, 4) is 17.2 Å². The Bertz CT molecular complexity index is 1360. The van der Waals surface area contributed by atoms with Crippen LogP contribution >= 0.6 is 0 Å². The monoisotopic (exact) mass is 528 g/mol. The SMILES string of the molecule is COc1cc(OC)cc(C(CC(=O)NCCN2CCCC2)c2cnc3c(OCc4ccccc4)cccn23)c1. The minimum absolute atomic E-state index is 0.00702. The van der Waals surface area contributed by atoms with Gasteiger partial charge in [-0.1, -0.05) is 30.3 Å². The lowest BCUT2D eigenvalue weighted by Gasteiger charge is -2.20. The molecule has 1 N–H and O–H groups in total. The Kier molecular flexibility index (Phi) is 8.63. The summed E-state index contributed by atoms with van der Waals surface area (Å²) in [5, 5.41) is 3.13. The zero-order valence-corrected chi connectivity index (χ0v) is 22.6. The molecule has 39 heavy (non-hydrogen) atoms. The van der Waals surface area contributed by atoms with Crippen molar-refractivity contribution in [1.29, 1.82) is 0 Å². The zero-order chi connectivity index (χ0) is 27.0. The number of rotatable bonds is 12. The van der Waals surface area contributed by atoms with Crippen LogP contribution in [0.1, 0.15) is 42.0 Å². The van der Waals surface area contributed by atoms with Crippen LogP contribution in [0.5, 0.6) is 17.2 Å². The largest absolute Gasteiger partial charge is 0.497 e. The number of carbonyl (C=O) groups excluding carboxylic acids is 1. The molecule has 0 saturated carbocycles. The molecule has 1 aliphatic heterocycles. The number of ether oxygens (including phenoxy) is 3. The fourth-order valence-corrected chi connectivity index (χ4v) is 5.15. The van der Waals surface area contributed by atoms with Gasteiger partial charge in [-0.2, -0.15) is 0 Å². The van der Waals surface area contributed by atoms with Crippen LogP contribution in [0.2, 0.25) is 0 Å². The quantitative estimate of drug-likeness (QED) is 0.288. The van der Waals surface area contributed by atoms with E-state index in [9.17, 15) is 4.79 Å². The van der Waals surface area contributed by atoms with Crippen LogP contribution in [0.15, 0.2) is 73.1 Å². The van der Waals surface area contributed by atoms with Gasteiger partial charge in [0.2, 0.25) is 5.91 Å². The van der Waals surface area contributed by atoms with Crippen molar-refractivity contribution in [3.05, 3.63) is 89.9 Å². The van der Waals surface area contributed by atoms with Gasteiger partial charge in [0.05, 0.1) is 19.9 Å². The average Bonchev–Trinajstić information content (AvgIpc) is 3.65. The first-order valence-electron chi connectivity index (χ1n) is 13.5. The molecule has 1 unspecified atom stereocenters. The van der Waals surface area contributed by atoms with Crippen LogP contribution in [0, 0.1) is 0 Å². The van der Waals surface area contributed by atoms with Crippen LogP contribution in [0.4, 0.5) is 0 Å². The van der Waals surface area contributed by atoms with E-state index in [1.54, 1.807) is 14.2 Å². The summed E-state index contributed by atoms with van der Waals surface area (Å²) in [6.07, 6.45) is 6.53. The van der Waals surface area contributed by atoms with E-state index in [2.05, 4.69) is 10.2 Å². The number of methoxy groups -OCH3 is 2. The molecule has 8 nitrogen and oxygen atoms in total. The van der Waals surface area contributed by atoms with Gasteiger partial charge in [-0.25, -0.2) is 4.98 Å². The molecule has 1 saturated heterocycles. The number of hydrogen-bond donors (Lipinski definition) is 1. The van der Waals surface area contributed by atoms with Crippen LogP contribution < -0.4 is 19.5 Å². The maximum atomic E-state index is 13.2. The molecular weight excluding hydrogens is 492 g/mol. The Morgan fingerprint density at radius 3 is 2.46 bits per heavy atom. The Labute approximate surface area is 229 Å². The highest BCUT2D eigenvalue weighted by Crippen LogP contribution is 2.35. The normalized spacial score (nSPS) is 14.3. The third kappa shape index (κ3) is 6.52. The van der Waals surface area contributed by atoms with E-state index in [0.29, 0.717) is 36.0 Å². The summed E-state index contributed by atoms with van der Waals surface area (Å²) in [6, 6.07) is 19.7. The van der Waals surface area contributed by atoms with Crippen molar-refractivity contribution in [1.82, 2.24) is 19.6 Å². The molecule has 8 heteroatoms. The lowest BCUT2D eigenvalue weighted by atomic mass is 9.91. The maximum Gasteiger partial charge on any atom is 0.221 e. The summed E-state index contributed by atoms with van der Waals surface area (Å²) in [4.78, 5) is 20.3. The topological polar surface area (TPSA) is 77.3 Å². The van der Waals surface area contributed by atoms with Crippen LogP contribution in [-0.2, 0) is 11.4 Å². The first kappa shape index (κ1) is 26.6. The maximum absolute atomic E-state index is 13.2. The number of carbonyl (C=O) groups is 1. The third-order valence-corrected chi connectivity index (χ3v) is 7.24. The smallest absolute Gasteiger partial charge is 0.221 e. The van der Waals surface area contributed by atoms with Gasteiger partial charge in [0.25, 0.3) is 0 Å². The molecule has 2 aromatic heterocycles. The van der Waals surface area contributed by atoms with Crippen molar-refractivity contribution in [2.45, 2.75) is 31.8 Å². The Morgan fingerprint density at radius 1 is 1.00 bits per heavy atom. The highest BCUT2D eigenvalue weighted by molar-refractivity contribution is 5.77. The summed E-state index contributed by atoms with van der Waals surface area (Å²) in [5.41, 5.74) is 3.59. The highest BCUT2D eigenvalue weighted by atomic mass is 16.5. The summed E-state index contributed by atoms with van der Waals surface area (Å²) in [6.45, 7) is 4.18. The van der Waals surface area contributed by atoms with E-state index in [-0.39, 0.29) is 18.2 Å². The number of fused-ring (bicyclic) bond motifs is 1. The summed E-state index contributed by atoms with van der Waals surface area (Å²) >= 11 is 0. The fourth-order valence-electron chi connectivity index (χ4n) is 5.15. The number of aromatic nitrogens is 2. The van der Waals surface area contributed by atoms with Gasteiger partial charge < -0.3 is 28.8 Å². The molecule has 0 bridgehead atoms. The second kappa shape index (κ2) is 12.7. The Balaban J connectivity index is 1.42. The molecular formula is C31H36N4O4. The van der Waals surface area contributed by atoms with Crippen molar-refractivity contribution >= 4 is 11.6 Å². The van der Waals surface area contributed by atoms with Gasteiger partial charge >= 0.3 is 0 Å². The zero-order valence-electron chi connectivity index (χ0n) is 22.6. The lowest BCUT2D eigenvalue weighted by molar-refractivity contribution is -0.121. The number of nitrogens with one attached hydrogen (secondary N) is 1. The molecule has 1 aliphatic rings. The molecule has 5 rings (SSSR count). The number of amides is 1. The van der Waals surface area contributed by atoms with Crippen molar-refractivity contribution in [3.63, 3.8) is 0 Å². The van der Waals surface area contributed by atoms with Crippen LogP contribution in [-0.4, -0.2) is 60.6 Å². The van der Waals surface area contributed by atoms with E-state index >= 15 is 0 Å². The van der Waals surface area contributed by atoms with Crippen LogP contribution in [0.25, 0.3) is 5.65 Å². The molecule has 4 aromatic rings. The Hall–Kier alpha value is -4.04. The third-order valence-electron chi connectivity index (χ3n) is 7.24. The lowest BCUT2D eigenvalue weighted by Crippen LogP contribution is -2.34. The second-order valence-electron chi connectivity index (χ2n) is 9.82. The van der Waals surface area contributed by atoms with Gasteiger partial charge in [0, 0.05) is 43.9 Å². The minimum Gasteiger partial charge on any atom is -0.497 e. The van der Waals surface area contributed by atoms with Gasteiger partial charge in [0.1, 0.15) is 18.1 Å². The van der Waals surface area contributed by atoms with Gasteiger partial charge in [0.15, 0.2) is 11.4 Å².